The van der Waals surface area contributed by atoms with E-state index in [1.54, 1.807) is 0 Å². The average molecular weight is 1210 g/mol. The van der Waals surface area contributed by atoms with Crippen LogP contribution in [0.15, 0.2) is 24.3 Å². The van der Waals surface area contributed by atoms with E-state index in [1.807, 2.05) is 0 Å². The zero-order valence-electron chi connectivity index (χ0n) is 58.9. The quantitative estimate of drug-likeness (QED) is 0.0373. The van der Waals surface area contributed by atoms with Gasteiger partial charge in [0.1, 0.15) is 6.61 Å². The molecule has 0 spiro atoms. The lowest BCUT2D eigenvalue weighted by Gasteiger charge is -2.15. The fourth-order valence-corrected chi connectivity index (χ4v) is 12.7. The molecule has 0 rings (SSSR count). The zero-order chi connectivity index (χ0) is 61.9. The third-order valence-electron chi connectivity index (χ3n) is 18.7. The molecule has 5 heteroatoms. The van der Waals surface area contributed by atoms with Crippen LogP contribution in [0.4, 0.5) is 0 Å². The Kier molecular flexibility index (Phi) is 76.2. The molecule has 0 saturated heterocycles. The molecular weight excluding hydrogens is 1050 g/mol. The summed E-state index contributed by atoms with van der Waals surface area (Å²) in [5.41, 5.74) is 0. The van der Waals surface area contributed by atoms with Gasteiger partial charge in [0.2, 0.25) is 0 Å². The molecule has 0 amide bonds. The Morgan fingerprint density at radius 3 is 0.628 bits per heavy atom. The number of carbonyl (C=O) groups excluding carboxylic acids is 2. The van der Waals surface area contributed by atoms with Crippen molar-refractivity contribution in [2.45, 2.75) is 469 Å². The predicted octanol–water partition coefficient (Wildman–Crippen LogP) is 27.9. The van der Waals surface area contributed by atoms with Crippen molar-refractivity contribution in [3.8, 4) is 0 Å². The Labute approximate surface area is 540 Å². The number of esters is 2. The van der Waals surface area contributed by atoms with Crippen LogP contribution >= 0.6 is 0 Å². The molecule has 0 bridgehead atoms. The number of ether oxygens (including phenoxy) is 2. The van der Waals surface area contributed by atoms with E-state index < -0.39 is 6.10 Å². The summed E-state index contributed by atoms with van der Waals surface area (Å²) in [5, 5.41) is 9.73. The summed E-state index contributed by atoms with van der Waals surface area (Å²) in [5.74, 6) is -0.560. The molecule has 0 radical (unpaired) electrons. The summed E-state index contributed by atoms with van der Waals surface area (Å²) in [4.78, 5) is 24.7. The highest BCUT2D eigenvalue weighted by molar-refractivity contribution is 5.70. The Balaban J connectivity index is 3.35. The molecule has 0 aromatic rings. The summed E-state index contributed by atoms with van der Waals surface area (Å²) < 4.78 is 10.8. The normalized spacial score (nSPS) is 12.2. The van der Waals surface area contributed by atoms with Gasteiger partial charge in [-0.1, -0.05) is 411 Å². The van der Waals surface area contributed by atoms with E-state index in [1.165, 1.54) is 405 Å². The topological polar surface area (TPSA) is 72.8 Å². The van der Waals surface area contributed by atoms with Crippen molar-refractivity contribution in [1.29, 1.82) is 0 Å². The van der Waals surface area contributed by atoms with Crippen LogP contribution in [0.3, 0.4) is 0 Å². The minimum absolute atomic E-state index is 0.0572. The van der Waals surface area contributed by atoms with Crippen molar-refractivity contribution < 1.29 is 24.2 Å². The third kappa shape index (κ3) is 74.8. The third-order valence-corrected chi connectivity index (χ3v) is 18.7. The van der Waals surface area contributed by atoms with Gasteiger partial charge < -0.3 is 14.6 Å². The highest BCUT2D eigenvalue weighted by atomic mass is 16.6. The standard InChI is InChI=1S/C81H156O5/c1-3-5-7-9-11-13-15-17-19-21-23-25-27-29-31-33-35-37-38-39-40-41-42-44-46-48-50-52-54-56-58-60-62-64-66-68-70-72-74-76-81(84)86-79(77-82)78-85-80(83)75-73-71-69-67-65-63-61-59-57-55-53-51-49-47-45-43-36-34-32-30-28-26-24-22-20-18-16-14-12-10-8-6-4-2/h21-24,79,82H,3-20,25-78H2,1-2H3/b23-21-,24-22-. The van der Waals surface area contributed by atoms with Crippen LogP contribution in [0.1, 0.15) is 463 Å². The Morgan fingerprint density at radius 2 is 0.430 bits per heavy atom. The molecule has 86 heavy (non-hydrogen) atoms. The van der Waals surface area contributed by atoms with Gasteiger partial charge in [-0.05, 0) is 64.2 Å². The molecule has 0 aromatic carbocycles. The molecule has 0 saturated carbocycles. The maximum atomic E-state index is 12.4. The Bertz CT molecular complexity index is 1320. The van der Waals surface area contributed by atoms with Gasteiger partial charge >= 0.3 is 11.9 Å². The van der Waals surface area contributed by atoms with Gasteiger partial charge in [-0.25, -0.2) is 0 Å². The first-order valence-corrected chi connectivity index (χ1v) is 39.9. The number of allylic oxidation sites excluding steroid dienone is 4. The first-order valence-electron chi connectivity index (χ1n) is 39.9. The van der Waals surface area contributed by atoms with Crippen molar-refractivity contribution in [3.05, 3.63) is 24.3 Å². The molecule has 1 unspecified atom stereocenters. The van der Waals surface area contributed by atoms with E-state index in [4.69, 9.17) is 9.47 Å². The van der Waals surface area contributed by atoms with Crippen LogP contribution in [0.2, 0.25) is 0 Å². The molecule has 0 heterocycles. The van der Waals surface area contributed by atoms with Gasteiger partial charge in [0.15, 0.2) is 6.10 Å². The molecule has 1 N–H and O–H groups in total. The number of hydrogen-bond acceptors (Lipinski definition) is 5. The van der Waals surface area contributed by atoms with E-state index >= 15 is 0 Å². The minimum Gasteiger partial charge on any atom is -0.462 e. The largest absolute Gasteiger partial charge is 0.462 e. The van der Waals surface area contributed by atoms with Gasteiger partial charge in [-0.15, -0.1) is 0 Å². The predicted molar refractivity (Wildman–Crippen MR) is 381 cm³/mol. The lowest BCUT2D eigenvalue weighted by atomic mass is 10.0. The Hall–Kier alpha value is -1.62. The van der Waals surface area contributed by atoms with Crippen molar-refractivity contribution >= 4 is 11.9 Å². The summed E-state index contributed by atoms with van der Waals surface area (Å²) in [6.45, 7) is 4.22. The summed E-state index contributed by atoms with van der Waals surface area (Å²) >= 11 is 0. The second-order valence-electron chi connectivity index (χ2n) is 27.5. The monoisotopic (exact) mass is 1210 g/mol. The van der Waals surface area contributed by atoms with Gasteiger partial charge in [0.25, 0.3) is 0 Å². The smallest absolute Gasteiger partial charge is 0.306 e. The van der Waals surface area contributed by atoms with E-state index in [2.05, 4.69) is 38.2 Å². The number of aliphatic hydroxyl groups is 1. The fraction of sp³-hybridized carbons (Fsp3) is 0.926. The minimum atomic E-state index is -0.769. The van der Waals surface area contributed by atoms with Crippen LogP contribution in [-0.4, -0.2) is 36.4 Å². The van der Waals surface area contributed by atoms with Gasteiger partial charge in [-0.2, -0.15) is 0 Å². The van der Waals surface area contributed by atoms with Crippen LogP contribution < -0.4 is 0 Å². The van der Waals surface area contributed by atoms with Crippen molar-refractivity contribution in [2.75, 3.05) is 13.2 Å². The molecule has 0 aliphatic carbocycles. The van der Waals surface area contributed by atoms with Crippen LogP contribution in [0, 0.1) is 0 Å². The second kappa shape index (κ2) is 77.6. The number of carbonyl (C=O) groups is 2. The first kappa shape index (κ1) is 84.4. The van der Waals surface area contributed by atoms with Gasteiger partial charge in [0, 0.05) is 12.8 Å². The van der Waals surface area contributed by atoms with Crippen LogP contribution in [-0.2, 0) is 19.1 Å². The molecule has 0 fully saturated rings. The number of unbranched alkanes of at least 4 members (excludes halogenated alkanes) is 64. The lowest BCUT2D eigenvalue weighted by molar-refractivity contribution is -0.161. The summed E-state index contributed by atoms with van der Waals surface area (Å²) in [6, 6.07) is 0. The maximum absolute atomic E-state index is 12.4. The lowest BCUT2D eigenvalue weighted by Crippen LogP contribution is -2.28. The number of hydrogen-bond donors (Lipinski definition) is 1. The van der Waals surface area contributed by atoms with E-state index in [0.717, 1.165) is 32.1 Å². The first-order chi connectivity index (χ1) is 42.6. The van der Waals surface area contributed by atoms with Crippen molar-refractivity contribution in [1.82, 2.24) is 0 Å². The molecule has 1 atom stereocenters. The molecule has 0 aliphatic rings. The van der Waals surface area contributed by atoms with Gasteiger partial charge in [-0.3, -0.25) is 9.59 Å². The summed E-state index contributed by atoms with van der Waals surface area (Å²) in [6.07, 6.45) is 103. The average Bonchev–Trinajstić information content (AvgIpc) is 3.55. The maximum Gasteiger partial charge on any atom is 0.306 e. The highest BCUT2D eigenvalue weighted by Crippen LogP contribution is 2.20. The number of rotatable bonds is 76. The molecule has 5 nitrogen and oxygen atoms in total. The molecule has 0 aliphatic heterocycles. The van der Waals surface area contributed by atoms with Crippen molar-refractivity contribution in [3.63, 3.8) is 0 Å². The van der Waals surface area contributed by atoms with Gasteiger partial charge in [0.05, 0.1) is 6.61 Å². The second-order valence-corrected chi connectivity index (χ2v) is 27.5. The molecule has 510 valence electrons. The van der Waals surface area contributed by atoms with Crippen LogP contribution in [0.5, 0.6) is 0 Å². The molecular formula is C81H156O5. The highest BCUT2D eigenvalue weighted by Gasteiger charge is 2.16. The zero-order valence-corrected chi connectivity index (χ0v) is 58.9. The van der Waals surface area contributed by atoms with E-state index in [9.17, 15) is 14.7 Å². The molecule has 0 aromatic heterocycles. The van der Waals surface area contributed by atoms with Crippen molar-refractivity contribution in [2.24, 2.45) is 0 Å². The Morgan fingerprint density at radius 1 is 0.256 bits per heavy atom. The fourth-order valence-electron chi connectivity index (χ4n) is 12.7. The van der Waals surface area contributed by atoms with E-state index in [0.29, 0.717) is 12.8 Å². The summed E-state index contributed by atoms with van der Waals surface area (Å²) in [7, 11) is 0. The SMILES string of the molecule is CCCCCCCCCC/C=C\CCCCCCCCCCCCCCCCCCCCCCCCCCCCCC(=O)OC(CO)COC(=O)CCCCCCCCCCCCCCCCCCCCCCC/C=C\CCCCCCCCCC. The van der Waals surface area contributed by atoms with E-state index in [-0.39, 0.29) is 25.2 Å². The number of aliphatic hydroxyl groups excluding tert-OH is 1. The van der Waals surface area contributed by atoms with Crippen LogP contribution in [0.25, 0.3) is 0 Å².